The Bertz CT molecular complexity index is 677. The number of hydrogen-bond acceptors (Lipinski definition) is 3. The van der Waals surface area contributed by atoms with Crippen molar-refractivity contribution in [2.75, 3.05) is 18.6 Å². The Kier molecular flexibility index (Phi) is 4.52. The highest BCUT2D eigenvalue weighted by Gasteiger charge is 2.12. The van der Waals surface area contributed by atoms with Crippen LogP contribution in [0, 0.1) is 17.1 Å². The van der Waals surface area contributed by atoms with E-state index in [4.69, 9.17) is 10.00 Å². The van der Waals surface area contributed by atoms with Crippen molar-refractivity contribution in [3.05, 3.63) is 59.9 Å². The Balaban J connectivity index is 2.01. The second-order valence-electron chi connectivity index (χ2n) is 4.33. The number of para-hydroxylation sites is 1. The molecule has 0 heterocycles. The van der Waals surface area contributed by atoms with E-state index in [2.05, 4.69) is 0 Å². The van der Waals surface area contributed by atoms with Gasteiger partial charge in [-0.3, -0.25) is 4.79 Å². The molecule has 0 fully saturated rings. The van der Waals surface area contributed by atoms with Crippen molar-refractivity contribution < 1.29 is 13.9 Å². The molecule has 4 nitrogen and oxygen atoms in total. The molecule has 2 aromatic rings. The molecule has 0 radical (unpaired) electrons. The zero-order valence-electron chi connectivity index (χ0n) is 11.4. The molecule has 0 spiro atoms. The number of carbonyl (C=O) groups excluding carboxylic acids is 1. The maximum Gasteiger partial charge on any atom is 0.264 e. The fourth-order valence-electron chi connectivity index (χ4n) is 1.73. The van der Waals surface area contributed by atoms with Gasteiger partial charge in [-0.1, -0.05) is 12.1 Å². The molecule has 0 saturated heterocycles. The molecule has 21 heavy (non-hydrogen) atoms. The Morgan fingerprint density at radius 3 is 2.57 bits per heavy atom. The van der Waals surface area contributed by atoms with Crippen LogP contribution in [0.15, 0.2) is 48.5 Å². The number of nitriles is 1. The van der Waals surface area contributed by atoms with E-state index in [1.807, 2.05) is 6.07 Å². The number of halogens is 1. The third-order valence-corrected chi connectivity index (χ3v) is 2.95. The number of ether oxygens (including phenoxy) is 1. The summed E-state index contributed by atoms with van der Waals surface area (Å²) in [5, 5.41) is 8.94. The van der Waals surface area contributed by atoms with Crippen LogP contribution < -0.4 is 9.64 Å². The molecule has 0 N–H and O–H groups in total. The molecule has 0 aliphatic heterocycles. The first-order valence-corrected chi connectivity index (χ1v) is 6.26. The summed E-state index contributed by atoms with van der Waals surface area (Å²) in [6, 6.07) is 14.3. The number of anilines is 1. The van der Waals surface area contributed by atoms with Gasteiger partial charge in [-0.2, -0.15) is 5.26 Å². The number of nitrogens with zero attached hydrogens (tertiary/aromatic N) is 2. The summed E-state index contributed by atoms with van der Waals surface area (Å²) < 4.78 is 18.2. The van der Waals surface area contributed by atoms with E-state index in [0.29, 0.717) is 17.0 Å². The van der Waals surface area contributed by atoms with Crippen molar-refractivity contribution >= 4 is 11.6 Å². The van der Waals surface area contributed by atoms with Gasteiger partial charge in [0.15, 0.2) is 6.61 Å². The van der Waals surface area contributed by atoms with Gasteiger partial charge >= 0.3 is 0 Å². The highest BCUT2D eigenvalue weighted by atomic mass is 19.1. The van der Waals surface area contributed by atoms with Gasteiger partial charge in [0.2, 0.25) is 0 Å². The Morgan fingerprint density at radius 2 is 1.90 bits per heavy atom. The average Bonchev–Trinajstić information content (AvgIpc) is 2.52. The summed E-state index contributed by atoms with van der Waals surface area (Å²) in [5.41, 5.74) is 0.938. The molecule has 2 aromatic carbocycles. The minimum Gasteiger partial charge on any atom is -0.482 e. The van der Waals surface area contributed by atoms with Crippen molar-refractivity contribution in [2.24, 2.45) is 0 Å². The zero-order valence-corrected chi connectivity index (χ0v) is 11.4. The number of likely N-dealkylation sites (N-methyl/N-ethyl adjacent to an activating group) is 1. The van der Waals surface area contributed by atoms with Crippen LogP contribution in [0.4, 0.5) is 10.1 Å². The summed E-state index contributed by atoms with van der Waals surface area (Å²) in [6.07, 6.45) is 0. The van der Waals surface area contributed by atoms with Crippen molar-refractivity contribution in [2.45, 2.75) is 0 Å². The smallest absolute Gasteiger partial charge is 0.264 e. The minimum absolute atomic E-state index is 0.202. The largest absolute Gasteiger partial charge is 0.482 e. The Hall–Kier alpha value is -2.87. The number of amides is 1. The van der Waals surface area contributed by atoms with Crippen LogP contribution in [0.25, 0.3) is 0 Å². The van der Waals surface area contributed by atoms with Gasteiger partial charge in [-0.05, 0) is 36.4 Å². The predicted molar refractivity (Wildman–Crippen MR) is 76.5 cm³/mol. The molecule has 5 heteroatoms. The lowest BCUT2D eigenvalue weighted by Crippen LogP contribution is -2.31. The summed E-state index contributed by atoms with van der Waals surface area (Å²) >= 11 is 0. The van der Waals surface area contributed by atoms with Gasteiger partial charge in [-0.25, -0.2) is 4.39 Å². The number of hydrogen-bond donors (Lipinski definition) is 0. The topological polar surface area (TPSA) is 53.3 Å². The Morgan fingerprint density at radius 1 is 1.24 bits per heavy atom. The Labute approximate surface area is 122 Å². The van der Waals surface area contributed by atoms with Crippen molar-refractivity contribution in [1.82, 2.24) is 0 Å². The third-order valence-electron chi connectivity index (χ3n) is 2.95. The van der Waals surface area contributed by atoms with Crippen molar-refractivity contribution in [3.63, 3.8) is 0 Å². The lowest BCUT2D eigenvalue weighted by atomic mass is 10.2. The second kappa shape index (κ2) is 6.53. The molecule has 0 atom stereocenters. The van der Waals surface area contributed by atoms with Gasteiger partial charge < -0.3 is 9.64 Å². The number of benzene rings is 2. The minimum atomic E-state index is -0.362. The molecule has 0 aromatic heterocycles. The SMILES string of the molecule is CN(C(=O)COc1ccccc1C#N)c1ccc(F)cc1. The van der Waals surface area contributed by atoms with Crippen LogP contribution >= 0.6 is 0 Å². The normalized spacial score (nSPS) is 9.76. The molecule has 1 amide bonds. The highest BCUT2D eigenvalue weighted by molar-refractivity contribution is 5.93. The molecule has 0 unspecified atom stereocenters. The van der Waals surface area contributed by atoms with Crippen LogP contribution in [0.1, 0.15) is 5.56 Å². The molecule has 0 aliphatic carbocycles. The summed E-state index contributed by atoms with van der Waals surface area (Å²) in [6.45, 7) is -0.202. The van der Waals surface area contributed by atoms with Crippen LogP contribution in [-0.2, 0) is 4.79 Å². The first kappa shape index (κ1) is 14.5. The molecular weight excluding hydrogens is 271 g/mol. The summed E-state index contributed by atoms with van der Waals surface area (Å²) in [5.74, 6) is -0.297. The molecule has 2 rings (SSSR count). The quantitative estimate of drug-likeness (QED) is 0.867. The van der Waals surface area contributed by atoms with E-state index in [1.54, 1.807) is 31.3 Å². The van der Waals surface area contributed by atoms with E-state index in [-0.39, 0.29) is 18.3 Å². The van der Waals surface area contributed by atoms with Crippen LogP contribution in [0.2, 0.25) is 0 Å². The first-order valence-electron chi connectivity index (χ1n) is 6.26. The van der Waals surface area contributed by atoms with E-state index in [0.717, 1.165) is 0 Å². The second-order valence-corrected chi connectivity index (χ2v) is 4.33. The maximum atomic E-state index is 12.8. The van der Waals surface area contributed by atoms with Gasteiger partial charge in [0.05, 0.1) is 5.56 Å². The lowest BCUT2D eigenvalue weighted by Gasteiger charge is -2.17. The molecule has 0 aliphatic rings. The molecule has 0 bridgehead atoms. The van der Waals surface area contributed by atoms with Crippen LogP contribution in [0.5, 0.6) is 5.75 Å². The predicted octanol–water partition coefficient (Wildman–Crippen LogP) is 2.74. The average molecular weight is 284 g/mol. The van der Waals surface area contributed by atoms with Gasteiger partial charge in [0.25, 0.3) is 5.91 Å². The molecular formula is C16H13FN2O2. The molecule has 0 saturated carbocycles. The number of rotatable bonds is 4. The first-order chi connectivity index (χ1) is 10.1. The van der Waals surface area contributed by atoms with E-state index in [9.17, 15) is 9.18 Å². The van der Waals surface area contributed by atoms with E-state index >= 15 is 0 Å². The van der Waals surface area contributed by atoms with Gasteiger partial charge in [0, 0.05) is 12.7 Å². The van der Waals surface area contributed by atoms with Gasteiger partial charge in [0.1, 0.15) is 17.6 Å². The van der Waals surface area contributed by atoms with Crippen LogP contribution in [-0.4, -0.2) is 19.6 Å². The fourth-order valence-corrected chi connectivity index (χ4v) is 1.73. The molecule has 106 valence electrons. The monoisotopic (exact) mass is 284 g/mol. The summed E-state index contributed by atoms with van der Waals surface area (Å²) in [7, 11) is 1.58. The van der Waals surface area contributed by atoms with Gasteiger partial charge in [-0.15, -0.1) is 0 Å². The van der Waals surface area contributed by atoms with E-state index < -0.39 is 0 Å². The highest BCUT2D eigenvalue weighted by Crippen LogP contribution is 2.17. The van der Waals surface area contributed by atoms with E-state index in [1.165, 1.54) is 29.2 Å². The third kappa shape index (κ3) is 3.57. The van der Waals surface area contributed by atoms with Crippen molar-refractivity contribution in [3.8, 4) is 11.8 Å². The van der Waals surface area contributed by atoms with Crippen LogP contribution in [0.3, 0.4) is 0 Å². The lowest BCUT2D eigenvalue weighted by molar-refractivity contribution is -0.120. The fraction of sp³-hybridized carbons (Fsp3) is 0.125. The number of carbonyl (C=O) groups is 1. The standard InChI is InChI=1S/C16H13FN2O2/c1-19(14-8-6-13(17)7-9-14)16(20)11-21-15-5-3-2-4-12(15)10-18/h2-9H,11H2,1H3. The summed E-state index contributed by atoms with van der Waals surface area (Å²) in [4.78, 5) is 13.4. The van der Waals surface area contributed by atoms with Crippen molar-refractivity contribution in [1.29, 1.82) is 5.26 Å². The maximum absolute atomic E-state index is 12.8. The zero-order chi connectivity index (χ0) is 15.2.